The van der Waals surface area contributed by atoms with Gasteiger partial charge in [-0.15, -0.1) is 0 Å². The zero-order valence-corrected chi connectivity index (χ0v) is 16.7. The monoisotopic (exact) mass is 385 g/mol. The number of carbonyl (C=O) groups excluding carboxylic acids is 1. The Balaban J connectivity index is 2.16. The third-order valence-corrected chi connectivity index (χ3v) is 3.99. The number of hydrogen-bond acceptors (Lipinski definition) is 4. The van der Waals surface area contributed by atoms with E-state index in [1.807, 2.05) is 51.1 Å². The third-order valence-electron chi connectivity index (χ3n) is 3.99. The second kappa shape index (κ2) is 9.26. The maximum absolute atomic E-state index is 12.2. The number of benzene rings is 2. The van der Waals surface area contributed by atoms with Crippen LogP contribution in [-0.2, 0) is 4.74 Å². The first-order valence-electron chi connectivity index (χ1n) is 9.15. The van der Waals surface area contributed by atoms with Gasteiger partial charge >= 0.3 is 12.1 Å². The second-order valence-corrected chi connectivity index (χ2v) is 7.51. The van der Waals surface area contributed by atoms with E-state index in [0.717, 1.165) is 5.56 Å². The number of ether oxygens (including phenoxy) is 2. The van der Waals surface area contributed by atoms with Crippen molar-refractivity contribution in [3.63, 3.8) is 0 Å². The fourth-order valence-electron chi connectivity index (χ4n) is 2.60. The van der Waals surface area contributed by atoms with Gasteiger partial charge in [-0.25, -0.2) is 9.59 Å². The minimum Gasteiger partial charge on any atom is -0.485 e. The number of nitrogens with zero attached hydrogens (tertiary/aromatic N) is 1. The summed E-state index contributed by atoms with van der Waals surface area (Å²) in [7, 11) is 1.67. The number of carbonyl (C=O) groups is 2. The highest BCUT2D eigenvalue weighted by molar-refractivity contribution is 5.90. The molecule has 28 heavy (non-hydrogen) atoms. The molecule has 0 heterocycles. The van der Waals surface area contributed by atoms with Crippen LogP contribution in [0.5, 0.6) is 5.75 Å². The number of carboxylic acid groups (broad SMARTS) is 1. The molecule has 1 unspecified atom stereocenters. The van der Waals surface area contributed by atoms with Crippen molar-refractivity contribution in [1.29, 1.82) is 0 Å². The van der Waals surface area contributed by atoms with E-state index in [9.17, 15) is 14.7 Å². The summed E-state index contributed by atoms with van der Waals surface area (Å²) in [5, 5.41) is 9.40. The first kappa shape index (κ1) is 21.3. The lowest BCUT2D eigenvalue weighted by molar-refractivity contribution is 0.0278. The van der Waals surface area contributed by atoms with Crippen molar-refractivity contribution in [1.82, 2.24) is 4.90 Å². The van der Waals surface area contributed by atoms with E-state index < -0.39 is 23.8 Å². The zero-order valence-electron chi connectivity index (χ0n) is 16.7. The van der Waals surface area contributed by atoms with Gasteiger partial charge in [0.1, 0.15) is 23.0 Å². The molecule has 2 rings (SSSR count). The van der Waals surface area contributed by atoms with Crippen molar-refractivity contribution in [2.45, 2.75) is 38.9 Å². The molecule has 0 radical (unpaired) electrons. The lowest BCUT2D eigenvalue weighted by Crippen LogP contribution is -2.35. The molecule has 0 spiro atoms. The third kappa shape index (κ3) is 6.30. The van der Waals surface area contributed by atoms with E-state index >= 15 is 0 Å². The average Bonchev–Trinajstić information content (AvgIpc) is 2.64. The fourth-order valence-corrected chi connectivity index (χ4v) is 2.60. The van der Waals surface area contributed by atoms with Gasteiger partial charge in [0.25, 0.3) is 0 Å². The van der Waals surface area contributed by atoms with E-state index in [1.165, 1.54) is 11.0 Å². The number of amides is 1. The summed E-state index contributed by atoms with van der Waals surface area (Å²) in [5.41, 5.74) is 0.436. The normalized spacial score (nSPS) is 12.1. The minimum atomic E-state index is -1.05. The summed E-state index contributed by atoms with van der Waals surface area (Å²) in [5.74, 6) is -0.753. The number of carboxylic acids is 1. The van der Waals surface area contributed by atoms with Crippen molar-refractivity contribution in [3.8, 4) is 5.75 Å². The standard InChI is InChI=1S/C22H27NO5/c1-22(2,3)28-21(26)23(4)15-14-18(16-10-6-5-7-11-16)27-19-13-9-8-12-17(19)20(24)25/h5-13,18H,14-15H2,1-4H3,(H,24,25). The lowest BCUT2D eigenvalue weighted by Gasteiger charge is -2.26. The number of para-hydroxylation sites is 1. The molecule has 1 atom stereocenters. The Morgan fingerprint density at radius 1 is 1.04 bits per heavy atom. The van der Waals surface area contributed by atoms with Gasteiger partial charge in [-0.3, -0.25) is 0 Å². The van der Waals surface area contributed by atoms with Gasteiger partial charge in [0, 0.05) is 20.0 Å². The number of rotatable bonds is 7. The molecule has 1 N–H and O–H groups in total. The van der Waals surface area contributed by atoms with Gasteiger partial charge in [0.05, 0.1) is 0 Å². The molecule has 0 saturated carbocycles. The Hall–Kier alpha value is -3.02. The van der Waals surface area contributed by atoms with Crippen LogP contribution in [0.2, 0.25) is 0 Å². The van der Waals surface area contributed by atoms with Crippen LogP contribution < -0.4 is 4.74 Å². The van der Waals surface area contributed by atoms with Gasteiger partial charge in [0.15, 0.2) is 0 Å². The van der Waals surface area contributed by atoms with E-state index in [1.54, 1.807) is 25.2 Å². The predicted molar refractivity (Wildman–Crippen MR) is 107 cm³/mol. The smallest absolute Gasteiger partial charge is 0.410 e. The lowest BCUT2D eigenvalue weighted by atomic mass is 10.1. The second-order valence-electron chi connectivity index (χ2n) is 7.51. The molecule has 0 bridgehead atoms. The molecule has 2 aromatic rings. The molecular formula is C22H27NO5. The molecule has 0 saturated heterocycles. The Morgan fingerprint density at radius 2 is 1.64 bits per heavy atom. The van der Waals surface area contributed by atoms with Gasteiger partial charge in [-0.2, -0.15) is 0 Å². The predicted octanol–water partition coefficient (Wildman–Crippen LogP) is 4.76. The van der Waals surface area contributed by atoms with Gasteiger partial charge in [0.2, 0.25) is 0 Å². The van der Waals surface area contributed by atoms with Crippen LogP contribution in [0.3, 0.4) is 0 Å². The average molecular weight is 385 g/mol. The maximum atomic E-state index is 12.2. The van der Waals surface area contributed by atoms with Crippen molar-refractivity contribution in [2.24, 2.45) is 0 Å². The molecular weight excluding hydrogens is 358 g/mol. The molecule has 6 nitrogen and oxygen atoms in total. The van der Waals surface area contributed by atoms with Crippen LogP contribution in [0.25, 0.3) is 0 Å². The van der Waals surface area contributed by atoms with Crippen LogP contribution in [-0.4, -0.2) is 41.3 Å². The Bertz CT molecular complexity index is 798. The molecule has 0 aliphatic heterocycles. The zero-order chi connectivity index (χ0) is 20.7. The molecule has 0 fully saturated rings. The van der Waals surface area contributed by atoms with Crippen LogP contribution >= 0.6 is 0 Å². The fraction of sp³-hybridized carbons (Fsp3) is 0.364. The summed E-state index contributed by atoms with van der Waals surface area (Å²) < 4.78 is 11.4. The van der Waals surface area contributed by atoms with Crippen LogP contribution in [0.4, 0.5) is 4.79 Å². The van der Waals surface area contributed by atoms with Gasteiger partial charge < -0.3 is 19.5 Å². The molecule has 150 valence electrons. The van der Waals surface area contributed by atoms with E-state index in [0.29, 0.717) is 18.7 Å². The van der Waals surface area contributed by atoms with Crippen molar-refractivity contribution < 1.29 is 24.2 Å². The molecule has 6 heteroatoms. The van der Waals surface area contributed by atoms with Crippen molar-refractivity contribution >= 4 is 12.1 Å². The topological polar surface area (TPSA) is 76.1 Å². The highest BCUT2D eigenvalue weighted by Gasteiger charge is 2.22. The number of hydrogen-bond donors (Lipinski definition) is 1. The van der Waals surface area contributed by atoms with Crippen molar-refractivity contribution in [2.75, 3.05) is 13.6 Å². The largest absolute Gasteiger partial charge is 0.485 e. The van der Waals surface area contributed by atoms with Gasteiger partial charge in [-0.05, 0) is 38.5 Å². The van der Waals surface area contributed by atoms with E-state index in [2.05, 4.69) is 0 Å². The SMILES string of the molecule is CN(CCC(Oc1ccccc1C(=O)O)c1ccccc1)C(=O)OC(C)(C)C. The minimum absolute atomic E-state index is 0.101. The molecule has 0 aliphatic rings. The van der Waals surface area contributed by atoms with Gasteiger partial charge in [-0.1, -0.05) is 42.5 Å². The van der Waals surface area contributed by atoms with E-state index in [-0.39, 0.29) is 5.56 Å². The summed E-state index contributed by atoms with van der Waals surface area (Å²) in [6, 6.07) is 16.1. The number of aromatic carboxylic acids is 1. The summed E-state index contributed by atoms with van der Waals surface area (Å²) >= 11 is 0. The first-order valence-corrected chi connectivity index (χ1v) is 9.15. The maximum Gasteiger partial charge on any atom is 0.410 e. The van der Waals surface area contributed by atoms with Crippen LogP contribution in [0.1, 0.15) is 49.2 Å². The summed E-state index contributed by atoms with van der Waals surface area (Å²) in [6.45, 7) is 5.84. The van der Waals surface area contributed by atoms with Crippen molar-refractivity contribution in [3.05, 3.63) is 65.7 Å². The summed E-state index contributed by atoms with van der Waals surface area (Å²) in [6.07, 6.45) is -0.343. The molecule has 2 aromatic carbocycles. The van der Waals surface area contributed by atoms with Crippen LogP contribution in [0, 0.1) is 0 Å². The highest BCUT2D eigenvalue weighted by Crippen LogP contribution is 2.28. The molecule has 1 amide bonds. The molecule has 0 aliphatic carbocycles. The Labute approximate surface area is 165 Å². The Morgan fingerprint density at radius 3 is 2.25 bits per heavy atom. The highest BCUT2D eigenvalue weighted by atomic mass is 16.6. The van der Waals surface area contributed by atoms with E-state index in [4.69, 9.17) is 9.47 Å². The first-order chi connectivity index (χ1) is 13.2. The Kier molecular flexibility index (Phi) is 7.04. The molecule has 0 aromatic heterocycles. The van der Waals surface area contributed by atoms with Crippen LogP contribution in [0.15, 0.2) is 54.6 Å². The summed E-state index contributed by atoms with van der Waals surface area (Å²) in [4.78, 5) is 25.2. The quantitative estimate of drug-likeness (QED) is 0.743.